The minimum absolute atomic E-state index is 0.166. The number of para-hydroxylation sites is 1. The second-order valence-electron chi connectivity index (χ2n) is 6.75. The van der Waals surface area contributed by atoms with Gasteiger partial charge in [0, 0.05) is 10.9 Å². The van der Waals surface area contributed by atoms with Crippen molar-refractivity contribution in [1.82, 2.24) is 9.71 Å². The molecule has 0 amide bonds. The molecule has 2 aromatic carbocycles. The molecular weight excluding hydrogens is 376 g/mol. The van der Waals surface area contributed by atoms with E-state index < -0.39 is 16.0 Å². The number of carbonyl (C=O) groups is 1. The zero-order chi connectivity index (χ0) is 20.5. The Morgan fingerprint density at radius 3 is 2.39 bits per heavy atom. The van der Waals surface area contributed by atoms with E-state index in [-0.39, 0.29) is 17.4 Å². The van der Waals surface area contributed by atoms with Crippen molar-refractivity contribution in [2.24, 2.45) is 0 Å². The predicted molar refractivity (Wildman–Crippen MR) is 110 cm³/mol. The van der Waals surface area contributed by atoms with Crippen LogP contribution in [0.15, 0.2) is 47.4 Å². The Morgan fingerprint density at radius 1 is 1.14 bits per heavy atom. The highest BCUT2D eigenvalue weighted by Crippen LogP contribution is 2.36. The van der Waals surface area contributed by atoms with Gasteiger partial charge in [0.05, 0.1) is 17.0 Å². The van der Waals surface area contributed by atoms with Gasteiger partial charge in [-0.15, -0.1) is 0 Å². The van der Waals surface area contributed by atoms with Crippen molar-refractivity contribution in [3.05, 3.63) is 53.7 Å². The number of benzene rings is 2. The number of aromatic nitrogens is 1. The van der Waals surface area contributed by atoms with Crippen LogP contribution in [-0.2, 0) is 14.8 Å². The number of H-pyrrole nitrogens is 1. The Morgan fingerprint density at radius 2 is 1.82 bits per heavy atom. The van der Waals surface area contributed by atoms with E-state index in [1.165, 1.54) is 19.2 Å². The SMILES string of the molecule is CCOC(=O)c1[nH]c2c(C(C)C)cccc2c1-c1ccc(S(=O)(=O)NC)cc1. The topological polar surface area (TPSA) is 88.3 Å². The van der Waals surface area contributed by atoms with Gasteiger partial charge in [0.15, 0.2) is 0 Å². The van der Waals surface area contributed by atoms with Crippen molar-refractivity contribution in [1.29, 1.82) is 0 Å². The van der Waals surface area contributed by atoms with E-state index in [0.717, 1.165) is 22.0 Å². The quantitative estimate of drug-likeness (QED) is 0.611. The van der Waals surface area contributed by atoms with Crippen molar-refractivity contribution >= 4 is 26.9 Å². The third kappa shape index (κ3) is 3.55. The number of ether oxygens (including phenoxy) is 1. The van der Waals surface area contributed by atoms with Crippen molar-refractivity contribution in [2.45, 2.75) is 31.6 Å². The van der Waals surface area contributed by atoms with E-state index >= 15 is 0 Å². The van der Waals surface area contributed by atoms with Gasteiger partial charge in [-0.2, -0.15) is 0 Å². The normalized spacial score (nSPS) is 11.9. The smallest absolute Gasteiger partial charge is 0.355 e. The van der Waals surface area contributed by atoms with Crippen LogP contribution in [-0.4, -0.2) is 33.0 Å². The highest BCUT2D eigenvalue weighted by atomic mass is 32.2. The summed E-state index contributed by atoms with van der Waals surface area (Å²) >= 11 is 0. The second-order valence-corrected chi connectivity index (χ2v) is 8.64. The van der Waals surface area contributed by atoms with E-state index in [1.807, 2.05) is 18.2 Å². The monoisotopic (exact) mass is 400 g/mol. The first-order valence-corrected chi connectivity index (χ1v) is 10.6. The summed E-state index contributed by atoms with van der Waals surface area (Å²) in [7, 11) is -2.16. The van der Waals surface area contributed by atoms with Gasteiger partial charge in [0.1, 0.15) is 5.69 Å². The van der Waals surface area contributed by atoms with Crippen molar-refractivity contribution in [3.63, 3.8) is 0 Å². The van der Waals surface area contributed by atoms with Crippen LogP contribution in [0.2, 0.25) is 0 Å². The van der Waals surface area contributed by atoms with Gasteiger partial charge >= 0.3 is 5.97 Å². The summed E-state index contributed by atoms with van der Waals surface area (Å²) in [6, 6.07) is 12.4. The van der Waals surface area contributed by atoms with Crippen LogP contribution in [0.1, 0.15) is 42.7 Å². The van der Waals surface area contributed by atoms with Gasteiger partial charge in [0.25, 0.3) is 0 Å². The number of aromatic amines is 1. The number of hydrogen-bond acceptors (Lipinski definition) is 4. The number of carbonyl (C=O) groups excluding carboxylic acids is 1. The molecule has 0 atom stereocenters. The first-order valence-electron chi connectivity index (χ1n) is 9.15. The lowest BCUT2D eigenvalue weighted by atomic mass is 9.97. The van der Waals surface area contributed by atoms with Crippen LogP contribution < -0.4 is 4.72 Å². The Bertz CT molecular complexity index is 1110. The van der Waals surface area contributed by atoms with Gasteiger partial charge in [-0.1, -0.05) is 44.2 Å². The predicted octanol–water partition coefficient (Wildman–Crippen LogP) is 4.04. The minimum atomic E-state index is -3.53. The molecule has 2 N–H and O–H groups in total. The average molecular weight is 401 g/mol. The summed E-state index contributed by atoms with van der Waals surface area (Å²) in [4.78, 5) is 16.0. The lowest BCUT2D eigenvalue weighted by Crippen LogP contribution is -2.18. The molecule has 28 heavy (non-hydrogen) atoms. The molecule has 0 saturated carbocycles. The molecule has 0 aliphatic carbocycles. The fraction of sp³-hybridized carbons (Fsp3) is 0.286. The molecule has 0 aliphatic heterocycles. The fourth-order valence-corrected chi connectivity index (χ4v) is 4.03. The van der Waals surface area contributed by atoms with E-state index in [1.54, 1.807) is 19.1 Å². The van der Waals surface area contributed by atoms with Crippen LogP contribution in [0, 0.1) is 0 Å². The van der Waals surface area contributed by atoms with Crippen LogP contribution in [0.5, 0.6) is 0 Å². The third-order valence-electron chi connectivity index (χ3n) is 4.69. The van der Waals surface area contributed by atoms with Crippen LogP contribution in [0.25, 0.3) is 22.0 Å². The van der Waals surface area contributed by atoms with E-state index in [0.29, 0.717) is 11.3 Å². The molecule has 0 fully saturated rings. The van der Waals surface area contributed by atoms with Crippen molar-refractivity contribution in [2.75, 3.05) is 13.7 Å². The summed E-state index contributed by atoms with van der Waals surface area (Å²) in [5.74, 6) is -0.163. The van der Waals surface area contributed by atoms with Crippen molar-refractivity contribution in [3.8, 4) is 11.1 Å². The number of sulfonamides is 1. The first kappa shape index (κ1) is 20.1. The van der Waals surface area contributed by atoms with Crippen LogP contribution in [0.3, 0.4) is 0 Å². The number of nitrogens with one attached hydrogen (secondary N) is 2. The molecule has 6 nitrogen and oxygen atoms in total. The van der Waals surface area contributed by atoms with E-state index in [9.17, 15) is 13.2 Å². The lowest BCUT2D eigenvalue weighted by molar-refractivity contribution is 0.0521. The third-order valence-corrected chi connectivity index (χ3v) is 6.12. The molecule has 7 heteroatoms. The molecule has 0 saturated heterocycles. The highest BCUT2D eigenvalue weighted by Gasteiger charge is 2.22. The Kier molecular flexibility index (Phi) is 5.58. The van der Waals surface area contributed by atoms with Crippen LogP contribution >= 0.6 is 0 Å². The van der Waals surface area contributed by atoms with Gasteiger partial charge in [0.2, 0.25) is 10.0 Å². The van der Waals surface area contributed by atoms with Crippen LogP contribution in [0.4, 0.5) is 0 Å². The maximum absolute atomic E-state index is 12.6. The summed E-state index contributed by atoms with van der Waals surface area (Å²) in [5.41, 5.74) is 3.81. The zero-order valence-corrected chi connectivity index (χ0v) is 17.2. The molecule has 1 heterocycles. The first-order chi connectivity index (χ1) is 13.3. The molecule has 0 radical (unpaired) electrons. The molecule has 0 spiro atoms. The number of rotatable bonds is 6. The molecule has 3 rings (SSSR count). The fourth-order valence-electron chi connectivity index (χ4n) is 3.30. The zero-order valence-electron chi connectivity index (χ0n) is 16.4. The largest absolute Gasteiger partial charge is 0.461 e. The summed E-state index contributed by atoms with van der Waals surface area (Å²) in [6.07, 6.45) is 0. The van der Waals surface area contributed by atoms with Gasteiger partial charge < -0.3 is 9.72 Å². The number of hydrogen-bond donors (Lipinski definition) is 2. The lowest BCUT2D eigenvalue weighted by Gasteiger charge is -2.08. The highest BCUT2D eigenvalue weighted by molar-refractivity contribution is 7.89. The molecule has 3 aromatic rings. The Balaban J connectivity index is 2.25. The van der Waals surface area contributed by atoms with E-state index in [4.69, 9.17) is 4.74 Å². The molecule has 0 bridgehead atoms. The summed E-state index contributed by atoms with van der Waals surface area (Å²) in [5, 5.41) is 0.901. The molecule has 148 valence electrons. The minimum Gasteiger partial charge on any atom is -0.461 e. The van der Waals surface area contributed by atoms with E-state index in [2.05, 4.69) is 23.6 Å². The maximum atomic E-state index is 12.6. The summed E-state index contributed by atoms with van der Waals surface area (Å²) < 4.78 is 31.5. The van der Waals surface area contributed by atoms with Gasteiger partial charge in [-0.05, 0) is 43.1 Å². The van der Waals surface area contributed by atoms with Gasteiger partial charge in [-0.25, -0.2) is 17.9 Å². The molecule has 0 aliphatic rings. The summed E-state index contributed by atoms with van der Waals surface area (Å²) in [6.45, 7) is 6.22. The number of esters is 1. The maximum Gasteiger partial charge on any atom is 0.355 e. The molecule has 1 aromatic heterocycles. The second kappa shape index (κ2) is 7.77. The molecular formula is C21H24N2O4S. The molecule has 0 unspecified atom stereocenters. The average Bonchev–Trinajstić information content (AvgIpc) is 3.07. The number of fused-ring (bicyclic) bond motifs is 1. The Labute approximate surface area is 165 Å². The van der Waals surface area contributed by atoms with Crippen molar-refractivity contribution < 1.29 is 17.9 Å². The standard InChI is InChI=1S/C21H24N2O4S/c1-5-27-21(24)20-18(14-9-11-15(12-10-14)28(25,26)22-4)17-8-6-7-16(13(2)3)19(17)23-20/h6-13,22-23H,5H2,1-4H3. The van der Waals surface area contributed by atoms with Gasteiger partial charge in [-0.3, -0.25) is 0 Å². The Hall–Kier alpha value is -2.64.